The molecule has 4 nitrogen and oxygen atoms in total. The number of nitrogens with zero attached hydrogens (tertiary/aromatic N) is 2. The molecule has 0 radical (unpaired) electrons. The fourth-order valence-corrected chi connectivity index (χ4v) is 2.83. The van der Waals surface area contributed by atoms with Crippen molar-refractivity contribution in [3.05, 3.63) is 52.7 Å². The molecule has 2 aromatic rings. The highest BCUT2D eigenvalue weighted by Crippen LogP contribution is 2.27. The van der Waals surface area contributed by atoms with Gasteiger partial charge < -0.3 is 5.11 Å². The molecule has 0 saturated heterocycles. The molecule has 6 heteroatoms. The Morgan fingerprint density at radius 3 is 2.62 bits per heavy atom. The van der Waals surface area contributed by atoms with Crippen LogP contribution >= 0.6 is 27.7 Å². The Balaban J connectivity index is 2.53. The zero-order chi connectivity index (χ0) is 15.4. The Bertz CT molecular complexity index is 687. The molecule has 2 rings (SSSR count). The molecular formula is C15H13BrN2O2S. The first-order valence-electron chi connectivity index (χ1n) is 6.14. The van der Waals surface area contributed by atoms with E-state index in [9.17, 15) is 9.90 Å². The van der Waals surface area contributed by atoms with Crippen LogP contribution in [0.3, 0.4) is 0 Å². The van der Waals surface area contributed by atoms with E-state index in [4.69, 9.17) is 0 Å². The zero-order valence-electron chi connectivity index (χ0n) is 11.3. The van der Waals surface area contributed by atoms with E-state index >= 15 is 0 Å². The van der Waals surface area contributed by atoms with Crippen molar-refractivity contribution in [1.29, 1.82) is 0 Å². The number of aryl methyl sites for hydroxylation is 1. The van der Waals surface area contributed by atoms with Crippen molar-refractivity contribution in [3.63, 3.8) is 0 Å². The molecule has 0 spiro atoms. The average molecular weight is 365 g/mol. The molecule has 0 aliphatic carbocycles. The third kappa shape index (κ3) is 3.71. The maximum atomic E-state index is 11.4. The molecule has 0 atom stereocenters. The van der Waals surface area contributed by atoms with Crippen molar-refractivity contribution in [1.82, 2.24) is 9.97 Å². The van der Waals surface area contributed by atoms with Crippen LogP contribution in [-0.4, -0.2) is 26.8 Å². The van der Waals surface area contributed by atoms with E-state index < -0.39 is 5.97 Å². The van der Waals surface area contributed by atoms with Crippen molar-refractivity contribution < 1.29 is 9.90 Å². The molecule has 0 amide bonds. The molecule has 108 valence electrons. The van der Waals surface area contributed by atoms with E-state index in [1.54, 1.807) is 13.0 Å². The summed E-state index contributed by atoms with van der Waals surface area (Å²) < 4.78 is 0.964. The number of hydrogen-bond acceptors (Lipinski definition) is 4. The van der Waals surface area contributed by atoms with Gasteiger partial charge in [0.1, 0.15) is 10.6 Å². The van der Waals surface area contributed by atoms with Gasteiger partial charge in [-0.25, -0.2) is 14.8 Å². The van der Waals surface area contributed by atoms with Gasteiger partial charge in [0.05, 0.1) is 5.69 Å². The van der Waals surface area contributed by atoms with Crippen LogP contribution < -0.4 is 0 Å². The number of carbonyl (C=O) groups is 1. The minimum Gasteiger partial charge on any atom is -0.478 e. The lowest BCUT2D eigenvalue weighted by Gasteiger charge is -2.09. The predicted molar refractivity (Wildman–Crippen MR) is 87.8 cm³/mol. The Morgan fingerprint density at radius 2 is 2.05 bits per heavy atom. The van der Waals surface area contributed by atoms with Gasteiger partial charge in [0.2, 0.25) is 0 Å². The van der Waals surface area contributed by atoms with Crippen molar-refractivity contribution in [2.45, 2.75) is 11.9 Å². The molecule has 0 aliphatic rings. The van der Waals surface area contributed by atoms with Crippen LogP contribution in [0.4, 0.5) is 0 Å². The van der Waals surface area contributed by atoms with E-state index in [0.29, 0.717) is 22.3 Å². The molecule has 1 N–H and O–H groups in total. The Hall–Kier alpha value is -1.66. The number of carboxylic acid groups (broad SMARTS) is 1. The molecule has 1 aromatic heterocycles. The summed E-state index contributed by atoms with van der Waals surface area (Å²) >= 11 is 4.72. The number of aromatic nitrogens is 2. The van der Waals surface area contributed by atoms with Gasteiger partial charge in [-0.3, -0.25) is 0 Å². The summed E-state index contributed by atoms with van der Waals surface area (Å²) in [5, 5.41) is 9.78. The second-order valence-electron chi connectivity index (χ2n) is 4.22. The smallest absolute Gasteiger partial charge is 0.340 e. The van der Waals surface area contributed by atoms with Gasteiger partial charge in [-0.15, -0.1) is 18.3 Å². The number of benzene rings is 1. The van der Waals surface area contributed by atoms with E-state index in [1.807, 2.05) is 24.3 Å². The quantitative estimate of drug-likeness (QED) is 0.489. The number of thioether (sulfide) groups is 1. The first-order valence-corrected chi connectivity index (χ1v) is 7.92. The van der Waals surface area contributed by atoms with E-state index in [-0.39, 0.29) is 5.56 Å². The van der Waals surface area contributed by atoms with Crippen LogP contribution in [0.25, 0.3) is 11.4 Å². The molecule has 1 heterocycles. The first-order chi connectivity index (χ1) is 10.0. The summed E-state index contributed by atoms with van der Waals surface area (Å²) in [6.45, 7) is 5.33. The molecule has 0 fully saturated rings. The Morgan fingerprint density at radius 1 is 1.38 bits per heavy atom. The summed E-state index contributed by atoms with van der Waals surface area (Å²) in [6.07, 6.45) is 1.72. The van der Waals surface area contributed by atoms with Gasteiger partial charge in [0.15, 0.2) is 5.82 Å². The zero-order valence-corrected chi connectivity index (χ0v) is 13.7. The lowest BCUT2D eigenvalue weighted by molar-refractivity contribution is 0.0691. The van der Waals surface area contributed by atoms with Crippen LogP contribution in [0.15, 0.2) is 46.4 Å². The standard InChI is InChI=1S/C15H13BrN2O2S/c1-3-8-21-14-12(15(19)20)9(2)17-13(18-14)10-4-6-11(16)7-5-10/h3-7H,1,8H2,2H3,(H,19,20). The summed E-state index contributed by atoms with van der Waals surface area (Å²) in [5.74, 6) is 0.106. The second kappa shape index (κ2) is 6.87. The van der Waals surface area contributed by atoms with Crippen LogP contribution in [0, 0.1) is 6.92 Å². The van der Waals surface area contributed by atoms with Gasteiger partial charge in [-0.05, 0) is 19.1 Å². The topological polar surface area (TPSA) is 63.1 Å². The van der Waals surface area contributed by atoms with Crippen molar-refractivity contribution in [3.8, 4) is 11.4 Å². The monoisotopic (exact) mass is 364 g/mol. The lowest BCUT2D eigenvalue weighted by Crippen LogP contribution is -2.08. The normalized spacial score (nSPS) is 10.4. The highest BCUT2D eigenvalue weighted by molar-refractivity contribution is 9.10. The lowest BCUT2D eigenvalue weighted by atomic mass is 10.2. The molecule has 21 heavy (non-hydrogen) atoms. The van der Waals surface area contributed by atoms with E-state index in [0.717, 1.165) is 10.0 Å². The fraction of sp³-hybridized carbons (Fsp3) is 0.133. The minimum absolute atomic E-state index is 0.155. The molecule has 0 unspecified atom stereocenters. The second-order valence-corrected chi connectivity index (χ2v) is 6.15. The van der Waals surface area contributed by atoms with Gasteiger partial charge >= 0.3 is 5.97 Å². The highest BCUT2D eigenvalue weighted by atomic mass is 79.9. The summed E-state index contributed by atoms with van der Waals surface area (Å²) in [4.78, 5) is 20.1. The number of rotatable bonds is 5. The fourth-order valence-electron chi connectivity index (χ4n) is 1.76. The summed E-state index contributed by atoms with van der Waals surface area (Å²) in [7, 11) is 0. The molecular weight excluding hydrogens is 352 g/mol. The molecule has 0 aliphatic heterocycles. The molecule has 0 saturated carbocycles. The van der Waals surface area contributed by atoms with Crippen molar-refractivity contribution in [2.75, 3.05) is 5.75 Å². The average Bonchev–Trinajstić information content (AvgIpc) is 2.44. The van der Waals surface area contributed by atoms with Crippen molar-refractivity contribution >= 4 is 33.7 Å². The third-order valence-electron chi connectivity index (χ3n) is 2.71. The van der Waals surface area contributed by atoms with Gasteiger partial charge in [-0.1, -0.05) is 34.1 Å². The maximum Gasteiger partial charge on any atom is 0.340 e. The Kier molecular flexibility index (Phi) is 5.14. The number of halogens is 1. The minimum atomic E-state index is -1.01. The van der Waals surface area contributed by atoms with Gasteiger partial charge in [0, 0.05) is 15.8 Å². The van der Waals surface area contributed by atoms with Crippen LogP contribution in [0.2, 0.25) is 0 Å². The van der Waals surface area contributed by atoms with Crippen LogP contribution in [0.1, 0.15) is 16.1 Å². The SMILES string of the molecule is C=CCSc1nc(-c2ccc(Br)cc2)nc(C)c1C(=O)O. The number of carboxylic acids is 1. The summed E-state index contributed by atoms with van der Waals surface area (Å²) in [5.41, 5.74) is 1.46. The maximum absolute atomic E-state index is 11.4. The van der Waals surface area contributed by atoms with Gasteiger partial charge in [-0.2, -0.15) is 0 Å². The van der Waals surface area contributed by atoms with Gasteiger partial charge in [0.25, 0.3) is 0 Å². The first kappa shape index (κ1) is 15.7. The van der Waals surface area contributed by atoms with E-state index in [2.05, 4.69) is 32.5 Å². The molecule has 0 bridgehead atoms. The van der Waals surface area contributed by atoms with Crippen LogP contribution in [-0.2, 0) is 0 Å². The van der Waals surface area contributed by atoms with E-state index in [1.165, 1.54) is 11.8 Å². The number of aromatic carboxylic acids is 1. The largest absolute Gasteiger partial charge is 0.478 e. The Labute approximate surface area is 135 Å². The number of hydrogen-bond donors (Lipinski definition) is 1. The van der Waals surface area contributed by atoms with Crippen molar-refractivity contribution in [2.24, 2.45) is 0 Å². The summed E-state index contributed by atoms with van der Waals surface area (Å²) in [6, 6.07) is 7.58. The third-order valence-corrected chi connectivity index (χ3v) is 4.21. The molecule has 1 aromatic carbocycles. The highest BCUT2D eigenvalue weighted by Gasteiger charge is 2.18. The van der Waals surface area contributed by atoms with Crippen LogP contribution in [0.5, 0.6) is 0 Å². The predicted octanol–water partition coefficient (Wildman–Crippen LogP) is 4.19.